The maximum atomic E-state index is 5.98. The molecule has 4 heteroatoms. The van der Waals surface area contributed by atoms with Gasteiger partial charge in [0.25, 0.3) is 0 Å². The molecule has 0 saturated carbocycles. The summed E-state index contributed by atoms with van der Waals surface area (Å²) in [6.07, 6.45) is 2.95. The maximum absolute atomic E-state index is 5.98. The van der Waals surface area contributed by atoms with Crippen molar-refractivity contribution in [3.05, 3.63) is 41.8 Å². The number of nitrogens with zero attached hydrogens (tertiary/aromatic N) is 2. The third kappa shape index (κ3) is 3.34. The van der Waals surface area contributed by atoms with Crippen molar-refractivity contribution in [2.45, 2.75) is 32.9 Å². The Bertz CT molecular complexity index is 588. The molecule has 0 spiro atoms. The molecule has 2 unspecified atom stereocenters. The lowest BCUT2D eigenvalue weighted by Gasteiger charge is -2.16. The lowest BCUT2D eigenvalue weighted by Crippen LogP contribution is -2.29. The normalized spacial score (nSPS) is 20.8. The van der Waals surface area contributed by atoms with Crippen molar-refractivity contribution in [3.63, 3.8) is 0 Å². The minimum absolute atomic E-state index is 0.274. The molecule has 0 aliphatic carbocycles. The predicted octanol–water partition coefficient (Wildman–Crippen LogP) is 2.82. The Kier molecular flexibility index (Phi) is 4.08. The van der Waals surface area contributed by atoms with E-state index in [2.05, 4.69) is 35.9 Å². The Labute approximate surface area is 126 Å². The third-order valence-corrected chi connectivity index (χ3v) is 4.29. The summed E-state index contributed by atoms with van der Waals surface area (Å²) in [5, 5.41) is 0. The van der Waals surface area contributed by atoms with Gasteiger partial charge in [0.1, 0.15) is 6.26 Å². The highest BCUT2D eigenvalue weighted by molar-refractivity contribution is 5.53. The molecular weight excluding hydrogens is 262 g/mol. The van der Waals surface area contributed by atoms with Crippen LogP contribution in [0, 0.1) is 12.8 Å². The van der Waals surface area contributed by atoms with Crippen LogP contribution < -0.4 is 5.73 Å². The number of aromatic nitrogens is 1. The molecule has 112 valence electrons. The Morgan fingerprint density at radius 1 is 1.38 bits per heavy atom. The van der Waals surface area contributed by atoms with E-state index in [0.29, 0.717) is 11.8 Å². The van der Waals surface area contributed by atoms with Crippen molar-refractivity contribution in [2.75, 3.05) is 13.1 Å². The number of rotatable bonds is 4. The summed E-state index contributed by atoms with van der Waals surface area (Å²) in [5.74, 6) is 1.31. The fraction of sp³-hybridized carbons (Fsp3) is 0.471. The summed E-state index contributed by atoms with van der Waals surface area (Å²) in [4.78, 5) is 7.01. The Hall–Kier alpha value is -1.65. The van der Waals surface area contributed by atoms with Crippen LogP contribution in [0.15, 0.2) is 34.9 Å². The second-order valence-corrected chi connectivity index (χ2v) is 6.15. The van der Waals surface area contributed by atoms with Crippen molar-refractivity contribution in [1.82, 2.24) is 9.88 Å². The van der Waals surface area contributed by atoms with Crippen molar-refractivity contribution in [1.29, 1.82) is 0 Å². The number of benzene rings is 1. The van der Waals surface area contributed by atoms with E-state index >= 15 is 0 Å². The van der Waals surface area contributed by atoms with Crippen LogP contribution in [-0.4, -0.2) is 29.0 Å². The molecule has 0 amide bonds. The van der Waals surface area contributed by atoms with Gasteiger partial charge in [-0.1, -0.05) is 17.7 Å². The molecule has 0 radical (unpaired) electrons. The van der Waals surface area contributed by atoms with Gasteiger partial charge in [0.2, 0.25) is 5.89 Å². The van der Waals surface area contributed by atoms with Gasteiger partial charge in [-0.3, -0.25) is 4.90 Å². The zero-order valence-corrected chi connectivity index (χ0v) is 12.7. The van der Waals surface area contributed by atoms with E-state index in [4.69, 9.17) is 10.2 Å². The van der Waals surface area contributed by atoms with Crippen LogP contribution >= 0.6 is 0 Å². The van der Waals surface area contributed by atoms with E-state index in [-0.39, 0.29) is 6.04 Å². The average Bonchev–Trinajstić information content (AvgIpc) is 3.10. The van der Waals surface area contributed by atoms with Gasteiger partial charge < -0.3 is 10.2 Å². The summed E-state index contributed by atoms with van der Waals surface area (Å²) in [6, 6.07) is 8.52. The number of oxazole rings is 1. The number of nitrogens with two attached hydrogens (primary N) is 1. The smallest absolute Gasteiger partial charge is 0.226 e. The van der Waals surface area contributed by atoms with Gasteiger partial charge in [-0.2, -0.15) is 0 Å². The molecule has 2 atom stereocenters. The monoisotopic (exact) mass is 285 g/mol. The lowest BCUT2D eigenvalue weighted by atomic mass is 10.0. The maximum Gasteiger partial charge on any atom is 0.226 e. The van der Waals surface area contributed by atoms with E-state index in [0.717, 1.165) is 30.9 Å². The average molecular weight is 285 g/mol. The summed E-state index contributed by atoms with van der Waals surface area (Å²) < 4.78 is 5.61. The van der Waals surface area contributed by atoms with Crippen molar-refractivity contribution >= 4 is 0 Å². The van der Waals surface area contributed by atoms with Crippen molar-refractivity contribution in [2.24, 2.45) is 11.7 Å². The van der Waals surface area contributed by atoms with Gasteiger partial charge in [0.05, 0.1) is 5.69 Å². The quantitative estimate of drug-likeness (QED) is 0.938. The third-order valence-electron chi connectivity index (χ3n) is 4.29. The molecule has 21 heavy (non-hydrogen) atoms. The lowest BCUT2D eigenvalue weighted by molar-refractivity contribution is 0.305. The van der Waals surface area contributed by atoms with E-state index in [1.807, 2.05) is 12.1 Å². The summed E-state index contributed by atoms with van der Waals surface area (Å²) in [6.45, 7) is 7.18. The van der Waals surface area contributed by atoms with Gasteiger partial charge in [-0.25, -0.2) is 4.98 Å². The first-order chi connectivity index (χ1) is 10.1. The summed E-state index contributed by atoms with van der Waals surface area (Å²) in [7, 11) is 0. The summed E-state index contributed by atoms with van der Waals surface area (Å²) in [5.41, 5.74) is 9.25. The molecule has 3 rings (SSSR count). The van der Waals surface area contributed by atoms with Crippen LogP contribution in [0.4, 0.5) is 0 Å². The number of likely N-dealkylation sites (tertiary alicyclic amines) is 1. The molecule has 1 aliphatic heterocycles. The Morgan fingerprint density at radius 2 is 2.14 bits per heavy atom. The first-order valence-electron chi connectivity index (χ1n) is 7.61. The fourth-order valence-corrected chi connectivity index (χ4v) is 2.87. The van der Waals surface area contributed by atoms with Crippen LogP contribution in [0.5, 0.6) is 0 Å². The molecule has 1 aromatic heterocycles. The standard InChI is InChI=1S/C17H23N3O/c1-12-3-5-14(6-4-12)17-19-16(11-21-17)10-20-8-7-15(9-20)13(2)18/h3-6,11,13,15H,7-10,18H2,1-2H3. The molecule has 0 bridgehead atoms. The van der Waals surface area contributed by atoms with E-state index < -0.39 is 0 Å². The molecule has 4 nitrogen and oxygen atoms in total. The first kappa shape index (κ1) is 14.3. The second-order valence-electron chi connectivity index (χ2n) is 6.15. The SMILES string of the molecule is Cc1ccc(-c2nc(CN3CCC(C(C)N)C3)co2)cc1. The van der Waals surface area contributed by atoms with E-state index in [1.165, 1.54) is 12.0 Å². The molecule has 1 aromatic carbocycles. The molecule has 1 fully saturated rings. The topological polar surface area (TPSA) is 55.3 Å². The zero-order valence-electron chi connectivity index (χ0n) is 12.7. The zero-order chi connectivity index (χ0) is 14.8. The molecule has 1 saturated heterocycles. The van der Waals surface area contributed by atoms with Crippen LogP contribution in [-0.2, 0) is 6.54 Å². The van der Waals surface area contributed by atoms with Crippen molar-refractivity contribution in [3.8, 4) is 11.5 Å². The van der Waals surface area contributed by atoms with Crippen LogP contribution in [0.1, 0.15) is 24.6 Å². The van der Waals surface area contributed by atoms with Gasteiger partial charge >= 0.3 is 0 Å². The van der Waals surface area contributed by atoms with Gasteiger partial charge in [-0.15, -0.1) is 0 Å². The Balaban J connectivity index is 1.64. The van der Waals surface area contributed by atoms with Gasteiger partial charge in [0.15, 0.2) is 0 Å². The predicted molar refractivity (Wildman–Crippen MR) is 83.7 cm³/mol. The number of hydrogen-bond donors (Lipinski definition) is 1. The minimum atomic E-state index is 0.274. The molecule has 2 heterocycles. The Morgan fingerprint density at radius 3 is 2.81 bits per heavy atom. The highest BCUT2D eigenvalue weighted by atomic mass is 16.3. The highest BCUT2D eigenvalue weighted by Crippen LogP contribution is 2.23. The minimum Gasteiger partial charge on any atom is -0.444 e. The van der Waals surface area contributed by atoms with Crippen molar-refractivity contribution < 1.29 is 4.42 Å². The highest BCUT2D eigenvalue weighted by Gasteiger charge is 2.25. The number of hydrogen-bond acceptors (Lipinski definition) is 4. The summed E-state index contributed by atoms with van der Waals surface area (Å²) >= 11 is 0. The van der Waals surface area contributed by atoms with Crippen LogP contribution in [0.3, 0.4) is 0 Å². The van der Waals surface area contributed by atoms with E-state index in [9.17, 15) is 0 Å². The van der Waals surface area contributed by atoms with Gasteiger partial charge in [-0.05, 0) is 44.9 Å². The van der Waals surface area contributed by atoms with Crippen LogP contribution in [0.2, 0.25) is 0 Å². The van der Waals surface area contributed by atoms with E-state index in [1.54, 1.807) is 6.26 Å². The fourth-order valence-electron chi connectivity index (χ4n) is 2.87. The first-order valence-corrected chi connectivity index (χ1v) is 7.61. The number of aryl methyl sites for hydroxylation is 1. The molecular formula is C17H23N3O. The molecule has 1 aliphatic rings. The van der Waals surface area contributed by atoms with Gasteiger partial charge in [0, 0.05) is 24.7 Å². The largest absolute Gasteiger partial charge is 0.444 e. The molecule has 2 N–H and O–H groups in total. The van der Waals surface area contributed by atoms with Crippen LogP contribution in [0.25, 0.3) is 11.5 Å². The molecule has 2 aromatic rings. The second kappa shape index (κ2) is 6.00.